The first-order valence-corrected chi connectivity index (χ1v) is 13.6. The number of thiophene rings is 1. The zero-order chi connectivity index (χ0) is 22.8. The van der Waals surface area contributed by atoms with E-state index in [1.54, 1.807) is 35.4 Å². The Hall–Kier alpha value is -1.50. The van der Waals surface area contributed by atoms with E-state index in [1.807, 2.05) is 11.3 Å². The normalized spacial score (nSPS) is 19.3. The lowest BCUT2D eigenvalue weighted by Crippen LogP contribution is -2.44. The van der Waals surface area contributed by atoms with Gasteiger partial charge in [0.15, 0.2) is 0 Å². The molecule has 0 saturated carbocycles. The molecule has 1 aromatic carbocycles. The number of carbonyl (C=O) groups is 1. The van der Waals surface area contributed by atoms with Gasteiger partial charge in [-0.1, -0.05) is 26.0 Å². The van der Waals surface area contributed by atoms with Crippen LogP contribution in [-0.4, -0.2) is 39.7 Å². The highest BCUT2D eigenvalue weighted by atomic mass is 32.1. The number of nitrogens with zero attached hydrogens (tertiary/aromatic N) is 1. The summed E-state index contributed by atoms with van der Waals surface area (Å²) in [7, 11) is -4.11. The van der Waals surface area contributed by atoms with Crippen LogP contribution in [0.4, 0.5) is 0 Å². The summed E-state index contributed by atoms with van der Waals surface area (Å²) in [6.07, 6.45) is 2.93. The number of carbonyl (C=O) groups excluding carboxylic acids is 1. The van der Waals surface area contributed by atoms with Crippen LogP contribution < -0.4 is 5.32 Å². The van der Waals surface area contributed by atoms with Gasteiger partial charge in [0.1, 0.15) is 0 Å². The van der Waals surface area contributed by atoms with Crippen molar-refractivity contribution in [1.82, 2.24) is 10.2 Å². The van der Waals surface area contributed by atoms with Gasteiger partial charge in [-0.3, -0.25) is 14.3 Å². The number of aryl methyl sites for hydroxylation is 1. The molecule has 0 fully saturated rings. The standard InChI is InChI=1S/C23H33N2O4PS/c1-5-19-20-13-15(3)25(16(4)22(20)31-21(19)6-2)12-11-24-23(26)18-9-7-17(8-10-18)14-30(27,28)29/h7-10,15-16H,5-6,11-14H2,1-4H3,(H,24,26)(H2,27,28,29)/t15-,16+/m1/s1. The van der Waals surface area contributed by atoms with Gasteiger partial charge in [-0.05, 0) is 61.9 Å². The molecule has 0 spiro atoms. The second-order valence-electron chi connectivity index (χ2n) is 8.30. The topological polar surface area (TPSA) is 89.9 Å². The highest BCUT2D eigenvalue weighted by Gasteiger charge is 2.32. The van der Waals surface area contributed by atoms with Gasteiger partial charge in [-0.15, -0.1) is 11.3 Å². The molecule has 31 heavy (non-hydrogen) atoms. The molecule has 0 saturated heterocycles. The predicted molar refractivity (Wildman–Crippen MR) is 126 cm³/mol. The first-order valence-electron chi connectivity index (χ1n) is 10.9. The van der Waals surface area contributed by atoms with E-state index in [4.69, 9.17) is 9.79 Å². The van der Waals surface area contributed by atoms with Gasteiger partial charge in [0.25, 0.3) is 5.91 Å². The Morgan fingerprint density at radius 1 is 1.19 bits per heavy atom. The Labute approximate surface area is 188 Å². The molecule has 0 aliphatic carbocycles. The third kappa shape index (κ3) is 5.65. The lowest BCUT2D eigenvalue weighted by molar-refractivity contribution is 0.0930. The number of hydrogen-bond acceptors (Lipinski definition) is 4. The minimum atomic E-state index is -4.11. The molecule has 1 aliphatic heterocycles. The maximum atomic E-state index is 12.5. The van der Waals surface area contributed by atoms with Gasteiger partial charge in [0, 0.05) is 40.5 Å². The van der Waals surface area contributed by atoms with Crippen molar-refractivity contribution in [3.05, 3.63) is 56.3 Å². The highest BCUT2D eigenvalue weighted by Crippen LogP contribution is 2.42. The maximum absolute atomic E-state index is 12.5. The van der Waals surface area contributed by atoms with Gasteiger partial charge in [0.05, 0.1) is 6.16 Å². The van der Waals surface area contributed by atoms with Crippen LogP contribution >= 0.6 is 18.9 Å². The molecule has 6 nitrogen and oxygen atoms in total. The molecule has 3 rings (SSSR count). The quantitative estimate of drug-likeness (QED) is 0.507. The zero-order valence-corrected chi connectivity index (χ0v) is 20.4. The summed E-state index contributed by atoms with van der Waals surface area (Å²) in [5.41, 5.74) is 4.12. The summed E-state index contributed by atoms with van der Waals surface area (Å²) >= 11 is 1.96. The average Bonchev–Trinajstić information content (AvgIpc) is 3.07. The number of benzene rings is 1. The van der Waals surface area contributed by atoms with Crippen LogP contribution in [0.25, 0.3) is 0 Å². The fourth-order valence-corrected chi connectivity index (χ4v) is 6.71. The Bertz CT molecular complexity index is 967. The third-order valence-corrected chi connectivity index (χ3v) is 8.47. The Morgan fingerprint density at radius 2 is 1.87 bits per heavy atom. The molecule has 3 N–H and O–H groups in total. The summed E-state index contributed by atoms with van der Waals surface area (Å²) in [5, 5.41) is 2.99. The van der Waals surface area contributed by atoms with Crippen molar-refractivity contribution >= 4 is 24.8 Å². The van der Waals surface area contributed by atoms with E-state index in [0.717, 1.165) is 25.8 Å². The van der Waals surface area contributed by atoms with Crippen molar-refractivity contribution in [2.24, 2.45) is 0 Å². The van der Waals surface area contributed by atoms with E-state index < -0.39 is 7.60 Å². The lowest BCUT2D eigenvalue weighted by Gasteiger charge is -2.39. The third-order valence-electron chi connectivity index (χ3n) is 6.11. The molecular formula is C23H33N2O4PS. The van der Waals surface area contributed by atoms with Gasteiger partial charge in [-0.25, -0.2) is 0 Å². The van der Waals surface area contributed by atoms with Crippen molar-refractivity contribution in [2.75, 3.05) is 13.1 Å². The molecule has 0 radical (unpaired) electrons. The van der Waals surface area contributed by atoms with E-state index in [-0.39, 0.29) is 12.1 Å². The molecule has 1 amide bonds. The average molecular weight is 465 g/mol. The van der Waals surface area contributed by atoms with Crippen molar-refractivity contribution in [1.29, 1.82) is 0 Å². The molecule has 170 valence electrons. The van der Waals surface area contributed by atoms with Crippen LogP contribution in [0.3, 0.4) is 0 Å². The number of amides is 1. The molecule has 2 aromatic rings. The largest absolute Gasteiger partial charge is 0.351 e. The Kier molecular flexibility index (Phi) is 7.76. The minimum Gasteiger partial charge on any atom is -0.351 e. The van der Waals surface area contributed by atoms with Crippen LogP contribution in [0.15, 0.2) is 24.3 Å². The predicted octanol–water partition coefficient (Wildman–Crippen LogP) is 4.29. The summed E-state index contributed by atoms with van der Waals surface area (Å²) in [6.45, 7) is 10.4. The second-order valence-corrected chi connectivity index (χ2v) is 11.1. The zero-order valence-electron chi connectivity index (χ0n) is 18.7. The molecule has 8 heteroatoms. The van der Waals surface area contributed by atoms with Gasteiger partial charge < -0.3 is 15.1 Å². The molecule has 1 aliphatic rings. The second kappa shape index (κ2) is 9.97. The van der Waals surface area contributed by atoms with Gasteiger partial charge >= 0.3 is 7.60 Å². The number of hydrogen-bond donors (Lipinski definition) is 3. The lowest BCUT2D eigenvalue weighted by atomic mass is 9.91. The van der Waals surface area contributed by atoms with Crippen LogP contribution in [0.5, 0.6) is 0 Å². The maximum Gasteiger partial charge on any atom is 0.329 e. The van der Waals surface area contributed by atoms with Crippen molar-refractivity contribution in [2.45, 2.75) is 65.2 Å². The summed E-state index contributed by atoms with van der Waals surface area (Å²) in [4.78, 5) is 36.1. The van der Waals surface area contributed by atoms with Crippen molar-refractivity contribution in [3.63, 3.8) is 0 Å². The summed E-state index contributed by atoms with van der Waals surface area (Å²) in [5.74, 6) is -0.168. The van der Waals surface area contributed by atoms with E-state index in [1.165, 1.54) is 9.75 Å². The minimum absolute atomic E-state index is 0.168. The summed E-state index contributed by atoms with van der Waals surface area (Å²) in [6, 6.07) is 7.19. The Balaban J connectivity index is 1.59. The van der Waals surface area contributed by atoms with Crippen LogP contribution in [0.1, 0.15) is 70.5 Å². The van der Waals surface area contributed by atoms with Crippen LogP contribution in [-0.2, 0) is 30.0 Å². The molecule has 0 bridgehead atoms. The summed E-state index contributed by atoms with van der Waals surface area (Å²) < 4.78 is 11.1. The first kappa shape index (κ1) is 24.1. The van der Waals surface area contributed by atoms with Crippen LogP contribution in [0, 0.1) is 0 Å². The molecule has 1 aromatic heterocycles. The fraction of sp³-hybridized carbons (Fsp3) is 0.522. The van der Waals surface area contributed by atoms with E-state index >= 15 is 0 Å². The van der Waals surface area contributed by atoms with E-state index in [2.05, 4.69) is 37.9 Å². The molecular weight excluding hydrogens is 431 g/mol. The molecule has 0 unspecified atom stereocenters. The highest BCUT2D eigenvalue weighted by molar-refractivity contribution is 7.50. The van der Waals surface area contributed by atoms with Crippen LogP contribution in [0.2, 0.25) is 0 Å². The number of rotatable bonds is 8. The van der Waals surface area contributed by atoms with Gasteiger partial charge in [0.2, 0.25) is 0 Å². The van der Waals surface area contributed by atoms with Crippen molar-refractivity contribution < 1.29 is 19.1 Å². The molecule has 2 atom stereocenters. The van der Waals surface area contributed by atoms with E-state index in [9.17, 15) is 9.36 Å². The monoisotopic (exact) mass is 464 g/mol. The number of fused-ring (bicyclic) bond motifs is 1. The van der Waals surface area contributed by atoms with Gasteiger partial charge in [-0.2, -0.15) is 0 Å². The van der Waals surface area contributed by atoms with E-state index in [0.29, 0.717) is 29.8 Å². The Morgan fingerprint density at radius 3 is 2.45 bits per heavy atom. The fourth-order valence-electron chi connectivity index (χ4n) is 4.59. The first-order chi connectivity index (χ1) is 14.6. The SMILES string of the molecule is CCc1sc2c(c1CC)C[C@@H](C)N(CCNC(=O)c1ccc(CP(=O)(O)O)cc1)[C@H]2C. The smallest absolute Gasteiger partial charge is 0.329 e. The molecule has 2 heterocycles. The van der Waals surface area contributed by atoms with Crippen molar-refractivity contribution in [3.8, 4) is 0 Å². The number of nitrogens with one attached hydrogen (secondary N) is 1.